The van der Waals surface area contributed by atoms with Crippen molar-refractivity contribution in [1.29, 1.82) is 0 Å². The predicted molar refractivity (Wildman–Crippen MR) is 64.7 cm³/mol. The van der Waals surface area contributed by atoms with Gasteiger partial charge in [0.2, 0.25) is 0 Å². The van der Waals surface area contributed by atoms with Crippen LogP contribution in [0, 0.1) is 0 Å². The molecular formula is C13H16N2O2. The van der Waals surface area contributed by atoms with Gasteiger partial charge in [-0.15, -0.1) is 0 Å². The second-order valence-corrected chi connectivity index (χ2v) is 4.16. The Hall–Kier alpha value is -1.68. The number of carbonyl (C=O) groups excluding carboxylic acids is 2. The van der Waals surface area contributed by atoms with Gasteiger partial charge in [-0.25, -0.2) is 0 Å². The lowest BCUT2D eigenvalue weighted by atomic mass is 10.1. The number of benzene rings is 1. The molecule has 1 aliphatic heterocycles. The number of carbonyl (C=O) groups is 2. The standard InChI is InChI=1S/C13H16N2O2/c14-8-4-1-5-9-15-12(16)10-6-2-3-7-11(10)13(15)17/h2-3,6-7H,1,4-5,8-9,14H2. The van der Waals surface area contributed by atoms with Crippen LogP contribution < -0.4 is 5.73 Å². The van der Waals surface area contributed by atoms with E-state index in [4.69, 9.17) is 5.73 Å². The fraction of sp³-hybridized carbons (Fsp3) is 0.385. The summed E-state index contributed by atoms with van der Waals surface area (Å²) in [7, 11) is 0. The first kappa shape index (κ1) is 11.8. The van der Waals surface area contributed by atoms with E-state index in [2.05, 4.69) is 0 Å². The average Bonchev–Trinajstić information content (AvgIpc) is 2.60. The van der Waals surface area contributed by atoms with Crippen molar-refractivity contribution in [2.45, 2.75) is 19.3 Å². The van der Waals surface area contributed by atoms with Gasteiger partial charge < -0.3 is 5.73 Å². The molecule has 4 nitrogen and oxygen atoms in total. The Morgan fingerprint density at radius 3 is 2.06 bits per heavy atom. The van der Waals surface area contributed by atoms with Crippen LogP contribution >= 0.6 is 0 Å². The predicted octanol–water partition coefficient (Wildman–Crippen LogP) is 1.41. The Bertz CT molecular complexity index is 408. The highest BCUT2D eigenvalue weighted by Gasteiger charge is 2.34. The van der Waals surface area contributed by atoms with Crippen LogP contribution in [0.1, 0.15) is 40.0 Å². The molecule has 0 atom stereocenters. The first-order valence-corrected chi connectivity index (χ1v) is 5.91. The van der Waals surface area contributed by atoms with Crippen molar-refractivity contribution in [2.24, 2.45) is 5.73 Å². The molecule has 17 heavy (non-hydrogen) atoms. The van der Waals surface area contributed by atoms with Crippen molar-refractivity contribution in [3.63, 3.8) is 0 Å². The molecule has 2 amide bonds. The SMILES string of the molecule is NCCCCCN1C(=O)c2ccccc2C1=O. The number of rotatable bonds is 5. The van der Waals surface area contributed by atoms with Gasteiger partial charge in [-0.05, 0) is 31.5 Å². The maximum absolute atomic E-state index is 12.0. The smallest absolute Gasteiger partial charge is 0.261 e. The molecule has 0 saturated carbocycles. The molecule has 0 unspecified atom stereocenters. The molecular weight excluding hydrogens is 216 g/mol. The molecule has 0 bridgehead atoms. The van der Waals surface area contributed by atoms with Crippen LogP contribution in [-0.4, -0.2) is 29.8 Å². The number of nitrogens with two attached hydrogens (primary N) is 1. The number of hydrogen-bond donors (Lipinski definition) is 1. The quantitative estimate of drug-likeness (QED) is 0.616. The van der Waals surface area contributed by atoms with Crippen molar-refractivity contribution >= 4 is 11.8 Å². The Morgan fingerprint density at radius 2 is 1.53 bits per heavy atom. The fourth-order valence-electron chi connectivity index (χ4n) is 2.03. The lowest BCUT2D eigenvalue weighted by Crippen LogP contribution is -2.30. The van der Waals surface area contributed by atoms with Crippen molar-refractivity contribution < 1.29 is 9.59 Å². The lowest BCUT2D eigenvalue weighted by Gasteiger charge is -2.13. The number of unbranched alkanes of at least 4 members (excludes halogenated alkanes) is 2. The third-order valence-corrected chi connectivity index (χ3v) is 2.96. The van der Waals surface area contributed by atoms with Crippen molar-refractivity contribution in [1.82, 2.24) is 4.90 Å². The minimum atomic E-state index is -0.168. The zero-order chi connectivity index (χ0) is 12.3. The van der Waals surface area contributed by atoms with E-state index in [1.807, 2.05) is 0 Å². The van der Waals surface area contributed by atoms with E-state index in [9.17, 15) is 9.59 Å². The lowest BCUT2D eigenvalue weighted by molar-refractivity contribution is 0.0651. The van der Waals surface area contributed by atoms with Crippen LogP contribution in [0.5, 0.6) is 0 Å². The number of imide groups is 1. The molecule has 0 aliphatic carbocycles. The molecule has 1 aliphatic rings. The molecule has 0 fully saturated rings. The Kier molecular flexibility index (Phi) is 3.54. The summed E-state index contributed by atoms with van der Waals surface area (Å²) in [5, 5.41) is 0. The van der Waals surface area contributed by atoms with Crippen molar-refractivity contribution in [3.05, 3.63) is 35.4 Å². The highest BCUT2D eigenvalue weighted by atomic mass is 16.2. The summed E-state index contributed by atoms with van der Waals surface area (Å²) in [4.78, 5) is 25.2. The number of fused-ring (bicyclic) bond motifs is 1. The van der Waals surface area contributed by atoms with E-state index in [-0.39, 0.29) is 11.8 Å². The number of nitrogens with zero attached hydrogens (tertiary/aromatic N) is 1. The molecule has 1 aromatic carbocycles. The topological polar surface area (TPSA) is 63.4 Å². The van der Waals surface area contributed by atoms with E-state index in [1.165, 1.54) is 4.90 Å². The molecule has 2 N–H and O–H groups in total. The van der Waals surface area contributed by atoms with Gasteiger partial charge in [0.15, 0.2) is 0 Å². The highest BCUT2D eigenvalue weighted by Crippen LogP contribution is 2.22. The molecule has 0 saturated heterocycles. The van der Waals surface area contributed by atoms with Crippen LogP contribution in [0.15, 0.2) is 24.3 Å². The van der Waals surface area contributed by atoms with Gasteiger partial charge in [0, 0.05) is 6.54 Å². The largest absolute Gasteiger partial charge is 0.330 e. The summed E-state index contributed by atoms with van der Waals surface area (Å²) in [5.41, 5.74) is 6.45. The fourth-order valence-corrected chi connectivity index (χ4v) is 2.03. The van der Waals surface area contributed by atoms with Gasteiger partial charge in [-0.3, -0.25) is 14.5 Å². The van der Waals surface area contributed by atoms with Crippen LogP contribution in [0.25, 0.3) is 0 Å². The van der Waals surface area contributed by atoms with E-state index in [1.54, 1.807) is 24.3 Å². The summed E-state index contributed by atoms with van der Waals surface area (Å²) < 4.78 is 0. The van der Waals surface area contributed by atoms with Crippen molar-refractivity contribution in [3.8, 4) is 0 Å². The van der Waals surface area contributed by atoms with Gasteiger partial charge in [-0.2, -0.15) is 0 Å². The first-order chi connectivity index (χ1) is 8.25. The van der Waals surface area contributed by atoms with E-state index in [0.29, 0.717) is 24.2 Å². The molecule has 0 aromatic heterocycles. The van der Waals surface area contributed by atoms with Crippen molar-refractivity contribution in [2.75, 3.05) is 13.1 Å². The van der Waals surface area contributed by atoms with Gasteiger partial charge in [0.05, 0.1) is 11.1 Å². The third kappa shape index (κ3) is 2.22. The Labute approximate surface area is 100 Å². The van der Waals surface area contributed by atoms with E-state index >= 15 is 0 Å². The molecule has 4 heteroatoms. The van der Waals surface area contributed by atoms with Gasteiger partial charge in [0.25, 0.3) is 11.8 Å². The molecule has 0 radical (unpaired) electrons. The van der Waals surface area contributed by atoms with Gasteiger partial charge >= 0.3 is 0 Å². The minimum Gasteiger partial charge on any atom is -0.330 e. The van der Waals surface area contributed by atoms with Gasteiger partial charge in [-0.1, -0.05) is 18.6 Å². The normalized spacial score (nSPS) is 14.3. The second-order valence-electron chi connectivity index (χ2n) is 4.16. The van der Waals surface area contributed by atoms with E-state index in [0.717, 1.165) is 19.3 Å². The Balaban J connectivity index is 2.03. The minimum absolute atomic E-state index is 0.168. The second kappa shape index (κ2) is 5.10. The maximum Gasteiger partial charge on any atom is 0.261 e. The summed E-state index contributed by atoms with van der Waals surface area (Å²) in [6.45, 7) is 1.15. The number of amides is 2. The highest BCUT2D eigenvalue weighted by molar-refractivity contribution is 6.21. The summed E-state index contributed by atoms with van der Waals surface area (Å²) in [6, 6.07) is 6.97. The molecule has 0 spiro atoms. The zero-order valence-corrected chi connectivity index (χ0v) is 9.69. The van der Waals surface area contributed by atoms with Crippen LogP contribution in [0.4, 0.5) is 0 Å². The van der Waals surface area contributed by atoms with Crippen LogP contribution in [0.3, 0.4) is 0 Å². The van der Waals surface area contributed by atoms with Gasteiger partial charge in [0.1, 0.15) is 0 Å². The maximum atomic E-state index is 12.0. The van der Waals surface area contributed by atoms with E-state index < -0.39 is 0 Å². The van der Waals surface area contributed by atoms with Crippen LogP contribution in [-0.2, 0) is 0 Å². The summed E-state index contributed by atoms with van der Waals surface area (Å²) in [6.07, 6.45) is 2.70. The summed E-state index contributed by atoms with van der Waals surface area (Å²) >= 11 is 0. The molecule has 1 aromatic rings. The number of hydrogen-bond acceptors (Lipinski definition) is 3. The first-order valence-electron chi connectivity index (χ1n) is 5.91. The Morgan fingerprint density at radius 1 is 0.941 bits per heavy atom. The van der Waals surface area contributed by atoms with Crippen LogP contribution in [0.2, 0.25) is 0 Å². The monoisotopic (exact) mass is 232 g/mol. The average molecular weight is 232 g/mol. The molecule has 90 valence electrons. The summed E-state index contributed by atoms with van der Waals surface area (Å²) in [5.74, 6) is -0.336. The molecule has 2 rings (SSSR count). The molecule has 1 heterocycles. The zero-order valence-electron chi connectivity index (χ0n) is 9.69. The third-order valence-electron chi connectivity index (χ3n) is 2.96.